The quantitative estimate of drug-likeness (QED) is 0.833. The van der Waals surface area contributed by atoms with Crippen molar-refractivity contribution in [3.8, 4) is 0 Å². The number of furan rings is 1. The van der Waals surface area contributed by atoms with Crippen LogP contribution in [0.1, 0.15) is 17.5 Å². The van der Waals surface area contributed by atoms with E-state index < -0.39 is 0 Å². The van der Waals surface area contributed by atoms with Crippen LogP contribution in [0.3, 0.4) is 0 Å². The molecule has 1 saturated heterocycles. The van der Waals surface area contributed by atoms with E-state index in [1.165, 1.54) is 35.9 Å². The highest BCUT2D eigenvalue weighted by Gasteiger charge is 2.15. The Balaban J connectivity index is 1.87. The molecule has 3 rings (SSSR count). The van der Waals surface area contributed by atoms with Gasteiger partial charge < -0.3 is 9.73 Å². The van der Waals surface area contributed by atoms with Gasteiger partial charge in [0.1, 0.15) is 5.58 Å². The van der Waals surface area contributed by atoms with E-state index >= 15 is 0 Å². The molecule has 0 bridgehead atoms. The SMILES string of the molecule is Cc1coc2cc(CC3CCNC3)ccc12. The van der Waals surface area contributed by atoms with Crippen LogP contribution in [0, 0.1) is 12.8 Å². The third-order valence-electron chi connectivity index (χ3n) is 3.52. The Morgan fingerprint density at radius 1 is 1.44 bits per heavy atom. The van der Waals surface area contributed by atoms with Crippen molar-refractivity contribution in [2.45, 2.75) is 19.8 Å². The Labute approximate surface area is 95.6 Å². The number of hydrogen-bond acceptors (Lipinski definition) is 2. The molecular formula is C14H17NO. The van der Waals surface area contributed by atoms with Crippen molar-refractivity contribution in [1.29, 1.82) is 0 Å². The van der Waals surface area contributed by atoms with Crippen molar-refractivity contribution in [2.24, 2.45) is 5.92 Å². The van der Waals surface area contributed by atoms with Crippen molar-refractivity contribution in [3.63, 3.8) is 0 Å². The minimum atomic E-state index is 0.800. The topological polar surface area (TPSA) is 25.2 Å². The minimum Gasteiger partial charge on any atom is -0.464 e. The second-order valence-electron chi connectivity index (χ2n) is 4.81. The Morgan fingerprint density at radius 2 is 2.38 bits per heavy atom. The van der Waals surface area contributed by atoms with Gasteiger partial charge in [0.05, 0.1) is 6.26 Å². The fourth-order valence-electron chi connectivity index (χ4n) is 2.55. The van der Waals surface area contributed by atoms with Crippen molar-refractivity contribution in [2.75, 3.05) is 13.1 Å². The normalized spacial score (nSPS) is 20.7. The first kappa shape index (κ1) is 9.91. The summed E-state index contributed by atoms with van der Waals surface area (Å²) in [5.41, 5.74) is 3.65. The molecule has 84 valence electrons. The van der Waals surface area contributed by atoms with Crippen molar-refractivity contribution >= 4 is 11.0 Å². The van der Waals surface area contributed by atoms with E-state index in [2.05, 4.69) is 30.4 Å². The van der Waals surface area contributed by atoms with E-state index in [0.717, 1.165) is 18.0 Å². The van der Waals surface area contributed by atoms with Crippen molar-refractivity contribution < 1.29 is 4.42 Å². The van der Waals surface area contributed by atoms with E-state index in [9.17, 15) is 0 Å². The molecule has 0 saturated carbocycles. The summed E-state index contributed by atoms with van der Waals surface area (Å²) < 4.78 is 5.54. The molecule has 1 atom stereocenters. The molecule has 0 spiro atoms. The van der Waals surface area contributed by atoms with Gasteiger partial charge in [-0.25, -0.2) is 0 Å². The Morgan fingerprint density at radius 3 is 3.19 bits per heavy atom. The van der Waals surface area contributed by atoms with Crippen LogP contribution in [0.2, 0.25) is 0 Å². The minimum absolute atomic E-state index is 0.800. The zero-order valence-corrected chi connectivity index (χ0v) is 9.62. The van der Waals surface area contributed by atoms with Crippen LogP contribution in [0.4, 0.5) is 0 Å². The third kappa shape index (κ3) is 1.74. The first-order valence-electron chi connectivity index (χ1n) is 6.00. The average Bonchev–Trinajstić information content (AvgIpc) is 2.90. The highest BCUT2D eigenvalue weighted by atomic mass is 16.3. The molecule has 1 aliphatic heterocycles. The average molecular weight is 215 g/mol. The van der Waals surface area contributed by atoms with E-state index in [1.54, 1.807) is 0 Å². The summed E-state index contributed by atoms with van der Waals surface area (Å²) in [6, 6.07) is 6.62. The number of hydrogen-bond donors (Lipinski definition) is 1. The Hall–Kier alpha value is -1.28. The lowest BCUT2D eigenvalue weighted by Crippen LogP contribution is -2.10. The van der Waals surface area contributed by atoms with Crippen molar-refractivity contribution in [3.05, 3.63) is 35.6 Å². The molecule has 0 amide bonds. The number of benzene rings is 1. The Kier molecular flexibility index (Phi) is 2.44. The first-order valence-corrected chi connectivity index (χ1v) is 6.00. The molecule has 2 nitrogen and oxygen atoms in total. The maximum absolute atomic E-state index is 5.54. The van der Waals surface area contributed by atoms with E-state index in [0.29, 0.717) is 0 Å². The maximum Gasteiger partial charge on any atom is 0.134 e. The van der Waals surface area contributed by atoms with E-state index in [4.69, 9.17) is 4.42 Å². The van der Waals surface area contributed by atoms with Crippen LogP contribution < -0.4 is 5.32 Å². The van der Waals surface area contributed by atoms with Gasteiger partial charge in [0.15, 0.2) is 0 Å². The van der Waals surface area contributed by atoms with Gasteiger partial charge >= 0.3 is 0 Å². The predicted molar refractivity (Wildman–Crippen MR) is 65.6 cm³/mol. The largest absolute Gasteiger partial charge is 0.464 e. The predicted octanol–water partition coefficient (Wildman–Crippen LogP) is 2.89. The molecule has 2 aromatic rings. The van der Waals surface area contributed by atoms with Gasteiger partial charge in [0, 0.05) is 5.39 Å². The summed E-state index contributed by atoms with van der Waals surface area (Å²) in [7, 11) is 0. The fraction of sp³-hybridized carbons (Fsp3) is 0.429. The number of rotatable bonds is 2. The monoisotopic (exact) mass is 215 g/mol. The van der Waals surface area contributed by atoms with Crippen LogP contribution in [-0.2, 0) is 6.42 Å². The lowest BCUT2D eigenvalue weighted by molar-refractivity contribution is 0.578. The number of aryl methyl sites for hydroxylation is 1. The van der Waals surface area contributed by atoms with Gasteiger partial charge in [0.25, 0.3) is 0 Å². The summed E-state index contributed by atoms with van der Waals surface area (Å²) in [5.74, 6) is 0.800. The van der Waals surface area contributed by atoms with Crippen LogP contribution >= 0.6 is 0 Å². The molecule has 0 aliphatic carbocycles. The zero-order valence-electron chi connectivity index (χ0n) is 9.62. The molecule has 1 unspecified atom stereocenters. The number of nitrogens with one attached hydrogen (secondary N) is 1. The Bertz CT molecular complexity index is 494. The molecule has 0 radical (unpaired) electrons. The summed E-state index contributed by atoms with van der Waals surface area (Å²) in [4.78, 5) is 0. The standard InChI is InChI=1S/C14H17NO/c1-10-9-16-14-7-11(2-3-13(10)14)6-12-4-5-15-8-12/h2-3,7,9,12,15H,4-6,8H2,1H3. The molecule has 1 fully saturated rings. The summed E-state index contributed by atoms with van der Waals surface area (Å²) >= 11 is 0. The summed E-state index contributed by atoms with van der Waals surface area (Å²) in [5, 5.41) is 4.65. The molecule has 2 heterocycles. The molecule has 16 heavy (non-hydrogen) atoms. The van der Waals surface area contributed by atoms with Gasteiger partial charge in [0.2, 0.25) is 0 Å². The van der Waals surface area contributed by atoms with E-state index in [1.807, 2.05) is 6.26 Å². The molecule has 2 heteroatoms. The lowest BCUT2D eigenvalue weighted by Gasteiger charge is -2.07. The van der Waals surface area contributed by atoms with Gasteiger partial charge in [-0.2, -0.15) is 0 Å². The zero-order chi connectivity index (χ0) is 11.0. The second-order valence-corrected chi connectivity index (χ2v) is 4.81. The molecule has 1 aliphatic rings. The van der Waals surface area contributed by atoms with Gasteiger partial charge in [-0.3, -0.25) is 0 Å². The number of fused-ring (bicyclic) bond motifs is 1. The molecule has 1 aromatic heterocycles. The van der Waals surface area contributed by atoms with Gasteiger partial charge in [-0.05, 0) is 56.0 Å². The van der Waals surface area contributed by atoms with Crippen LogP contribution in [0.25, 0.3) is 11.0 Å². The molecular weight excluding hydrogens is 198 g/mol. The summed E-state index contributed by atoms with van der Waals surface area (Å²) in [6.07, 6.45) is 4.31. The van der Waals surface area contributed by atoms with E-state index in [-0.39, 0.29) is 0 Å². The highest BCUT2D eigenvalue weighted by molar-refractivity contribution is 5.81. The maximum atomic E-state index is 5.54. The molecule has 1 N–H and O–H groups in total. The highest BCUT2D eigenvalue weighted by Crippen LogP contribution is 2.23. The molecule has 1 aromatic carbocycles. The smallest absolute Gasteiger partial charge is 0.134 e. The first-order chi connectivity index (χ1) is 7.83. The summed E-state index contributed by atoms with van der Waals surface area (Å²) in [6.45, 7) is 4.42. The fourth-order valence-corrected chi connectivity index (χ4v) is 2.55. The van der Waals surface area contributed by atoms with Crippen molar-refractivity contribution in [1.82, 2.24) is 5.32 Å². The van der Waals surface area contributed by atoms with Crippen LogP contribution in [-0.4, -0.2) is 13.1 Å². The third-order valence-corrected chi connectivity index (χ3v) is 3.52. The van der Waals surface area contributed by atoms with Gasteiger partial charge in [-0.15, -0.1) is 0 Å². The van der Waals surface area contributed by atoms with Gasteiger partial charge in [-0.1, -0.05) is 12.1 Å². The van der Waals surface area contributed by atoms with Crippen LogP contribution in [0.15, 0.2) is 28.9 Å². The lowest BCUT2D eigenvalue weighted by atomic mass is 9.98. The second kappa shape index (κ2) is 3.95. The van der Waals surface area contributed by atoms with Crippen LogP contribution in [0.5, 0.6) is 0 Å².